The van der Waals surface area contributed by atoms with E-state index in [1.807, 2.05) is 42.3 Å². The summed E-state index contributed by atoms with van der Waals surface area (Å²) in [4.78, 5) is 17.4. The summed E-state index contributed by atoms with van der Waals surface area (Å²) in [6, 6.07) is 15.6. The number of nitrogens with two attached hydrogens (primary N) is 1. The van der Waals surface area contributed by atoms with E-state index in [9.17, 15) is 9.90 Å². The van der Waals surface area contributed by atoms with Crippen molar-refractivity contribution in [1.82, 2.24) is 9.80 Å². The number of aliphatic hydroxyl groups excluding tert-OH is 1. The zero-order valence-corrected chi connectivity index (χ0v) is 16.8. The lowest BCUT2D eigenvalue weighted by Crippen LogP contribution is -2.46. The van der Waals surface area contributed by atoms with Gasteiger partial charge in [-0.2, -0.15) is 0 Å². The maximum Gasteiger partial charge on any atom is 0.263 e. The highest BCUT2D eigenvalue weighted by molar-refractivity contribution is 5.82. The van der Waals surface area contributed by atoms with Crippen LogP contribution in [-0.4, -0.2) is 59.7 Å². The van der Waals surface area contributed by atoms with Crippen molar-refractivity contribution in [2.45, 2.75) is 37.5 Å². The Balaban J connectivity index is 1.51. The summed E-state index contributed by atoms with van der Waals surface area (Å²) < 4.78 is 6.04. The van der Waals surface area contributed by atoms with E-state index in [-0.39, 0.29) is 18.1 Å². The first-order valence-corrected chi connectivity index (χ1v) is 10.3. The third kappa shape index (κ3) is 4.38. The average Bonchev–Trinajstić information content (AvgIpc) is 3.16. The van der Waals surface area contributed by atoms with E-state index < -0.39 is 6.10 Å². The quantitative estimate of drug-likeness (QED) is 0.759. The van der Waals surface area contributed by atoms with Crippen LogP contribution in [0.25, 0.3) is 0 Å². The molecule has 2 aromatic rings. The number of β-amino-alcohol motifs (C(OH)–C–C–N with tert-alkyl or cyclic N) is 1. The molecule has 6 nitrogen and oxygen atoms in total. The van der Waals surface area contributed by atoms with Gasteiger partial charge in [-0.25, -0.2) is 0 Å². The number of hydrogen-bond acceptors (Lipinski definition) is 5. The molecule has 0 aliphatic carbocycles. The first-order valence-electron chi connectivity index (χ1n) is 10.3. The molecule has 3 atom stereocenters. The Labute approximate surface area is 171 Å². The standard InChI is InChI=1S/C23H29N3O3/c1-25(23(28)22-9-7-17-13-18(24)8-10-21(17)29-22)20(16-5-3-2-4-6-16)15-26-12-11-19(27)14-26/h2-6,8,10,13,19-20,22,27H,7,9,11-12,14-15,24H2,1H3. The minimum Gasteiger partial charge on any atom is -0.480 e. The Morgan fingerprint density at radius 3 is 2.79 bits per heavy atom. The highest BCUT2D eigenvalue weighted by Crippen LogP contribution is 2.31. The zero-order chi connectivity index (χ0) is 20.4. The van der Waals surface area contributed by atoms with Gasteiger partial charge in [-0.1, -0.05) is 30.3 Å². The fraction of sp³-hybridized carbons (Fsp3) is 0.435. The number of fused-ring (bicyclic) bond motifs is 1. The lowest BCUT2D eigenvalue weighted by atomic mass is 9.99. The number of carbonyl (C=O) groups excluding carboxylic acids is 1. The number of amides is 1. The molecule has 2 heterocycles. The van der Waals surface area contributed by atoms with Gasteiger partial charge in [0.05, 0.1) is 12.1 Å². The number of ether oxygens (including phenoxy) is 1. The number of aryl methyl sites for hydroxylation is 1. The third-order valence-electron chi connectivity index (χ3n) is 5.98. The Kier molecular flexibility index (Phi) is 5.74. The number of likely N-dealkylation sites (tertiary alicyclic amines) is 1. The molecule has 6 heteroatoms. The van der Waals surface area contributed by atoms with E-state index in [0.29, 0.717) is 25.2 Å². The van der Waals surface area contributed by atoms with Crippen LogP contribution in [0.3, 0.4) is 0 Å². The van der Waals surface area contributed by atoms with Gasteiger partial charge in [-0.05, 0) is 48.6 Å². The smallest absolute Gasteiger partial charge is 0.263 e. The summed E-state index contributed by atoms with van der Waals surface area (Å²) in [5.74, 6) is 0.734. The number of anilines is 1. The molecule has 0 radical (unpaired) electrons. The maximum absolute atomic E-state index is 13.3. The molecule has 29 heavy (non-hydrogen) atoms. The van der Waals surface area contributed by atoms with E-state index in [4.69, 9.17) is 10.5 Å². The second kappa shape index (κ2) is 8.43. The fourth-order valence-corrected chi connectivity index (χ4v) is 4.31. The lowest BCUT2D eigenvalue weighted by Gasteiger charge is -2.35. The Bertz CT molecular complexity index is 858. The van der Waals surface area contributed by atoms with Crippen molar-refractivity contribution in [3.05, 3.63) is 59.7 Å². The van der Waals surface area contributed by atoms with Crippen LogP contribution in [0, 0.1) is 0 Å². The molecule has 1 fully saturated rings. The number of aliphatic hydroxyl groups is 1. The number of likely N-dealkylation sites (N-methyl/N-ethyl adjacent to an activating group) is 1. The van der Waals surface area contributed by atoms with Gasteiger partial charge in [-0.3, -0.25) is 9.69 Å². The van der Waals surface area contributed by atoms with Crippen LogP contribution < -0.4 is 10.5 Å². The average molecular weight is 396 g/mol. The van der Waals surface area contributed by atoms with Crippen molar-refractivity contribution < 1.29 is 14.6 Å². The summed E-state index contributed by atoms with van der Waals surface area (Å²) >= 11 is 0. The molecule has 1 amide bonds. The van der Waals surface area contributed by atoms with Crippen molar-refractivity contribution in [3.63, 3.8) is 0 Å². The summed E-state index contributed by atoms with van der Waals surface area (Å²) in [5.41, 5.74) is 8.73. The van der Waals surface area contributed by atoms with Crippen LogP contribution >= 0.6 is 0 Å². The van der Waals surface area contributed by atoms with Crippen molar-refractivity contribution in [2.24, 2.45) is 0 Å². The van der Waals surface area contributed by atoms with Gasteiger partial charge in [0.25, 0.3) is 5.91 Å². The minimum atomic E-state index is -0.494. The van der Waals surface area contributed by atoms with Gasteiger partial charge >= 0.3 is 0 Å². The number of hydrogen-bond donors (Lipinski definition) is 2. The Morgan fingerprint density at radius 2 is 2.07 bits per heavy atom. The molecule has 2 aromatic carbocycles. The predicted octanol–water partition coefficient (Wildman–Crippen LogP) is 2.23. The monoisotopic (exact) mass is 395 g/mol. The van der Waals surface area contributed by atoms with E-state index in [0.717, 1.165) is 36.3 Å². The van der Waals surface area contributed by atoms with Crippen molar-refractivity contribution in [2.75, 3.05) is 32.4 Å². The van der Waals surface area contributed by atoms with Crippen LogP contribution in [-0.2, 0) is 11.2 Å². The Morgan fingerprint density at radius 1 is 1.28 bits per heavy atom. The molecule has 2 aliphatic heterocycles. The van der Waals surface area contributed by atoms with Gasteiger partial charge in [-0.15, -0.1) is 0 Å². The number of rotatable bonds is 5. The van der Waals surface area contributed by atoms with Crippen LogP contribution in [0.4, 0.5) is 5.69 Å². The summed E-state index contributed by atoms with van der Waals surface area (Å²) in [7, 11) is 1.86. The van der Waals surface area contributed by atoms with Crippen molar-refractivity contribution >= 4 is 11.6 Å². The highest BCUT2D eigenvalue weighted by Gasteiger charge is 2.34. The van der Waals surface area contributed by atoms with Gasteiger partial charge in [0, 0.05) is 32.4 Å². The molecule has 0 aromatic heterocycles. The molecule has 0 spiro atoms. The van der Waals surface area contributed by atoms with Gasteiger partial charge in [0.2, 0.25) is 0 Å². The van der Waals surface area contributed by atoms with E-state index >= 15 is 0 Å². The number of nitrogen functional groups attached to an aromatic ring is 1. The first kappa shape index (κ1) is 19.7. The molecular formula is C23H29N3O3. The summed E-state index contributed by atoms with van der Waals surface area (Å²) in [6.45, 7) is 2.20. The molecular weight excluding hydrogens is 366 g/mol. The van der Waals surface area contributed by atoms with Crippen LogP contribution in [0.2, 0.25) is 0 Å². The van der Waals surface area contributed by atoms with Crippen LogP contribution in [0.1, 0.15) is 30.0 Å². The third-order valence-corrected chi connectivity index (χ3v) is 5.98. The topological polar surface area (TPSA) is 79.0 Å². The number of carbonyl (C=O) groups is 1. The summed E-state index contributed by atoms with van der Waals surface area (Å²) in [6.07, 6.45) is 1.43. The largest absolute Gasteiger partial charge is 0.480 e. The van der Waals surface area contributed by atoms with Crippen LogP contribution in [0.15, 0.2) is 48.5 Å². The van der Waals surface area contributed by atoms with Gasteiger partial charge < -0.3 is 20.5 Å². The fourth-order valence-electron chi connectivity index (χ4n) is 4.31. The SMILES string of the molecule is CN(C(=O)C1CCc2cc(N)ccc2O1)C(CN1CCC(O)C1)c1ccccc1. The number of nitrogens with zero attached hydrogens (tertiary/aromatic N) is 2. The number of benzene rings is 2. The van der Waals surface area contributed by atoms with Crippen molar-refractivity contribution in [3.8, 4) is 5.75 Å². The van der Waals surface area contributed by atoms with Gasteiger partial charge in [0.1, 0.15) is 5.75 Å². The summed E-state index contributed by atoms with van der Waals surface area (Å²) in [5, 5.41) is 9.90. The second-order valence-electron chi connectivity index (χ2n) is 8.09. The second-order valence-corrected chi connectivity index (χ2v) is 8.09. The molecule has 4 rings (SSSR count). The van der Waals surface area contributed by atoms with E-state index in [1.54, 1.807) is 6.07 Å². The predicted molar refractivity (Wildman–Crippen MR) is 113 cm³/mol. The van der Waals surface area contributed by atoms with E-state index in [2.05, 4.69) is 17.0 Å². The molecule has 0 saturated carbocycles. The molecule has 2 aliphatic rings. The molecule has 0 bridgehead atoms. The molecule has 3 N–H and O–H groups in total. The van der Waals surface area contributed by atoms with Crippen molar-refractivity contribution in [1.29, 1.82) is 0 Å². The normalized spacial score (nSPS) is 22.6. The molecule has 154 valence electrons. The van der Waals surface area contributed by atoms with Gasteiger partial charge in [0.15, 0.2) is 6.10 Å². The van der Waals surface area contributed by atoms with Crippen LogP contribution in [0.5, 0.6) is 5.75 Å². The van der Waals surface area contributed by atoms with E-state index in [1.165, 1.54) is 0 Å². The minimum absolute atomic E-state index is 0.0129. The molecule has 1 saturated heterocycles. The first-order chi connectivity index (χ1) is 14.0. The molecule has 3 unspecified atom stereocenters. The zero-order valence-electron chi connectivity index (χ0n) is 16.8. The Hall–Kier alpha value is -2.57. The highest BCUT2D eigenvalue weighted by atomic mass is 16.5. The lowest BCUT2D eigenvalue weighted by molar-refractivity contribution is -0.140. The maximum atomic E-state index is 13.3.